The zero-order valence-electron chi connectivity index (χ0n) is 13.6. The van der Waals surface area contributed by atoms with E-state index in [9.17, 15) is 9.50 Å². The van der Waals surface area contributed by atoms with Gasteiger partial charge in [-0.25, -0.2) is 4.39 Å². The van der Waals surface area contributed by atoms with Crippen LogP contribution in [0.5, 0.6) is 0 Å². The molecule has 0 bridgehead atoms. The van der Waals surface area contributed by atoms with Crippen LogP contribution in [0.3, 0.4) is 0 Å². The third kappa shape index (κ3) is 6.79. The Morgan fingerprint density at radius 1 is 1.17 bits per heavy atom. The van der Waals surface area contributed by atoms with Crippen LogP contribution in [0.1, 0.15) is 24.3 Å². The summed E-state index contributed by atoms with van der Waals surface area (Å²) in [5.41, 5.74) is 1.03. The Morgan fingerprint density at radius 3 is 2.52 bits per heavy atom. The molecule has 2 aromatic rings. The van der Waals surface area contributed by atoms with E-state index in [1.165, 1.54) is 17.0 Å². The number of aliphatic hydroxyl groups is 1. The molecule has 1 heterocycles. The fourth-order valence-electron chi connectivity index (χ4n) is 2.31. The van der Waals surface area contributed by atoms with Crippen LogP contribution in [0.2, 0.25) is 0 Å². The highest BCUT2D eigenvalue weighted by atomic mass is 32.1. The zero-order valence-corrected chi connectivity index (χ0v) is 14.4. The van der Waals surface area contributed by atoms with E-state index in [1.807, 2.05) is 25.3 Å². The maximum Gasteiger partial charge on any atom is 0.123 e. The number of nitrogens with zero attached hydrogens (tertiary/aromatic N) is 1. The fourth-order valence-corrected chi connectivity index (χ4v) is 3.06. The Bertz CT molecular complexity index is 557. The van der Waals surface area contributed by atoms with Gasteiger partial charge >= 0.3 is 0 Å². The molecule has 0 saturated heterocycles. The third-order valence-corrected chi connectivity index (χ3v) is 4.23. The zero-order chi connectivity index (χ0) is 16.7. The van der Waals surface area contributed by atoms with Crippen molar-refractivity contribution < 1.29 is 14.2 Å². The van der Waals surface area contributed by atoms with Gasteiger partial charge < -0.3 is 9.84 Å². The molecule has 0 radical (unpaired) electrons. The minimum absolute atomic E-state index is 0.104. The van der Waals surface area contributed by atoms with E-state index in [1.54, 1.807) is 23.5 Å². The number of ether oxygens (including phenoxy) is 1. The summed E-state index contributed by atoms with van der Waals surface area (Å²) in [5, 5.41) is 12.2. The predicted molar refractivity (Wildman–Crippen MR) is 91.9 cm³/mol. The molecular weight excluding hydrogens is 313 g/mol. The summed E-state index contributed by atoms with van der Waals surface area (Å²) in [7, 11) is 0. The molecule has 1 aromatic heterocycles. The van der Waals surface area contributed by atoms with Gasteiger partial charge in [-0.1, -0.05) is 18.2 Å². The first-order valence-electron chi connectivity index (χ1n) is 7.82. The Balaban J connectivity index is 1.97. The van der Waals surface area contributed by atoms with E-state index >= 15 is 0 Å². The highest BCUT2D eigenvalue weighted by Crippen LogP contribution is 2.15. The van der Waals surface area contributed by atoms with Crippen LogP contribution in [-0.4, -0.2) is 35.4 Å². The Labute approximate surface area is 141 Å². The maximum atomic E-state index is 13.0. The fraction of sp³-hybridized carbons (Fsp3) is 0.444. The molecule has 0 fully saturated rings. The minimum atomic E-state index is -0.544. The number of benzene rings is 1. The van der Waals surface area contributed by atoms with E-state index in [2.05, 4.69) is 11.0 Å². The van der Waals surface area contributed by atoms with Crippen LogP contribution in [0, 0.1) is 5.82 Å². The Hall–Kier alpha value is -1.27. The average Bonchev–Trinajstić information content (AvgIpc) is 3.00. The van der Waals surface area contributed by atoms with E-state index in [0.29, 0.717) is 19.7 Å². The molecule has 0 amide bonds. The van der Waals surface area contributed by atoms with Crippen molar-refractivity contribution in [2.24, 2.45) is 0 Å². The van der Waals surface area contributed by atoms with Gasteiger partial charge in [-0.3, -0.25) is 4.90 Å². The molecule has 0 unspecified atom stereocenters. The molecular formula is C18H24FNO2S. The largest absolute Gasteiger partial charge is 0.389 e. The monoisotopic (exact) mass is 337 g/mol. The summed E-state index contributed by atoms with van der Waals surface area (Å²) in [6, 6.07) is 10.6. The van der Waals surface area contributed by atoms with Crippen LogP contribution >= 0.6 is 11.3 Å². The molecule has 5 heteroatoms. The minimum Gasteiger partial charge on any atom is -0.389 e. The van der Waals surface area contributed by atoms with Crippen molar-refractivity contribution in [2.75, 3.05) is 13.2 Å². The van der Waals surface area contributed by atoms with Crippen molar-refractivity contribution in [3.8, 4) is 0 Å². The third-order valence-electron chi connectivity index (χ3n) is 3.37. The lowest BCUT2D eigenvalue weighted by Crippen LogP contribution is -2.34. The molecule has 3 nitrogen and oxygen atoms in total. The van der Waals surface area contributed by atoms with Crippen molar-refractivity contribution in [2.45, 2.75) is 39.1 Å². The van der Waals surface area contributed by atoms with Gasteiger partial charge in [0.25, 0.3) is 0 Å². The molecule has 0 aliphatic rings. The standard InChI is InChI=1S/C18H24FNO2S/c1-14(2)22-13-17(21)11-20(12-18-4-3-9-23-18)10-15-5-7-16(19)8-6-15/h3-9,14,17,21H,10-13H2,1-2H3/t17-/m0/s1. The summed E-state index contributed by atoms with van der Waals surface area (Å²) < 4.78 is 18.5. The molecule has 0 aliphatic carbocycles. The second-order valence-corrected chi connectivity index (χ2v) is 6.94. The van der Waals surface area contributed by atoms with Gasteiger partial charge in [0.1, 0.15) is 5.82 Å². The first-order valence-corrected chi connectivity index (χ1v) is 8.69. The van der Waals surface area contributed by atoms with Crippen molar-refractivity contribution in [3.63, 3.8) is 0 Å². The number of thiophene rings is 1. The molecule has 1 aromatic carbocycles. The van der Waals surface area contributed by atoms with E-state index in [0.717, 1.165) is 12.1 Å². The number of rotatable bonds is 9. The topological polar surface area (TPSA) is 32.7 Å². The highest BCUT2D eigenvalue weighted by Gasteiger charge is 2.14. The Morgan fingerprint density at radius 2 is 1.91 bits per heavy atom. The van der Waals surface area contributed by atoms with Crippen molar-refractivity contribution >= 4 is 11.3 Å². The predicted octanol–water partition coefficient (Wildman–Crippen LogP) is 3.68. The van der Waals surface area contributed by atoms with Gasteiger partial charge in [0.15, 0.2) is 0 Å². The summed E-state index contributed by atoms with van der Waals surface area (Å²) in [4.78, 5) is 3.40. The normalized spacial score (nSPS) is 13.0. The molecule has 0 spiro atoms. The van der Waals surface area contributed by atoms with Gasteiger partial charge in [0.05, 0.1) is 18.8 Å². The molecule has 1 N–H and O–H groups in total. The molecule has 0 aliphatic heterocycles. The van der Waals surface area contributed by atoms with Crippen molar-refractivity contribution in [1.82, 2.24) is 4.90 Å². The van der Waals surface area contributed by atoms with Crippen molar-refractivity contribution in [3.05, 3.63) is 58.0 Å². The molecule has 126 valence electrons. The van der Waals surface area contributed by atoms with Gasteiger partial charge in [-0.2, -0.15) is 0 Å². The summed E-state index contributed by atoms with van der Waals surface area (Å²) in [6.45, 7) is 6.16. The lowest BCUT2D eigenvalue weighted by molar-refractivity contribution is -0.0105. The molecule has 2 rings (SSSR count). The van der Waals surface area contributed by atoms with Crippen LogP contribution in [0.15, 0.2) is 41.8 Å². The molecule has 0 saturated carbocycles. The summed E-state index contributed by atoms with van der Waals surface area (Å²) in [5.74, 6) is -0.232. The number of hydrogen-bond acceptors (Lipinski definition) is 4. The quantitative estimate of drug-likeness (QED) is 0.758. The van der Waals surface area contributed by atoms with Gasteiger partial charge in [-0.15, -0.1) is 11.3 Å². The first-order chi connectivity index (χ1) is 11.0. The van der Waals surface area contributed by atoms with Crippen molar-refractivity contribution in [1.29, 1.82) is 0 Å². The highest BCUT2D eigenvalue weighted by molar-refractivity contribution is 7.09. The van der Waals surface area contributed by atoms with Crippen LogP contribution < -0.4 is 0 Å². The van der Waals surface area contributed by atoms with E-state index in [4.69, 9.17) is 4.74 Å². The molecule has 23 heavy (non-hydrogen) atoms. The first kappa shape index (κ1) is 18.1. The van der Waals surface area contributed by atoms with E-state index < -0.39 is 6.10 Å². The lowest BCUT2D eigenvalue weighted by Gasteiger charge is -2.25. The van der Waals surface area contributed by atoms with Crippen LogP contribution in [0.25, 0.3) is 0 Å². The Kier molecular flexibility index (Phi) is 7.17. The SMILES string of the molecule is CC(C)OC[C@@H](O)CN(Cc1ccc(F)cc1)Cc1cccs1. The summed E-state index contributed by atoms with van der Waals surface area (Å²) >= 11 is 1.70. The average molecular weight is 337 g/mol. The molecule has 1 atom stereocenters. The van der Waals surface area contributed by atoms with Gasteiger partial charge in [-0.05, 0) is 43.0 Å². The second-order valence-electron chi connectivity index (χ2n) is 5.91. The number of halogens is 1. The number of hydrogen-bond donors (Lipinski definition) is 1. The van der Waals surface area contributed by atoms with Crippen LogP contribution in [-0.2, 0) is 17.8 Å². The van der Waals surface area contributed by atoms with E-state index in [-0.39, 0.29) is 11.9 Å². The second kappa shape index (κ2) is 9.13. The van der Waals surface area contributed by atoms with Gasteiger partial charge in [0.2, 0.25) is 0 Å². The summed E-state index contributed by atoms with van der Waals surface area (Å²) in [6.07, 6.45) is -0.440. The lowest BCUT2D eigenvalue weighted by atomic mass is 10.2. The van der Waals surface area contributed by atoms with Gasteiger partial charge in [0, 0.05) is 24.5 Å². The number of aliphatic hydroxyl groups excluding tert-OH is 1. The smallest absolute Gasteiger partial charge is 0.123 e. The maximum absolute atomic E-state index is 13.0. The van der Waals surface area contributed by atoms with Crippen LogP contribution in [0.4, 0.5) is 4.39 Å².